The zero-order valence-corrected chi connectivity index (χ0v) is 12.5. The van der Waals surface area contributed by atoms with Crippen molar-refractivity contribution in [2.24, 2.45) is 0 Å². The first-order chi connectivity index (χ1) is 9.54. The van der Waals surface area contributed by atoms with E-state index >= 15 is 0 Å². The molecule has 0 aromatic heterocycles. The van der Waals surface area contributed by atoms with Gasteiger partial charge in [0.1, 0.15) is 0 Å². The third kappa shape index (κ3) is 5.55. The van der Waals surface area contributed by atoms with Crippen LogP contribution in [0.15, 0.2) is 24.3 Å². The maximum atomic E-state index is 12.2. The number of hydrogen-bond donors (Lipinski definition) is 2. The quantitative estimate of drug-likeness (QED) is 0.793. The van der Waals surface area contributed by atoms with Gasteiger partial charge in [-0.15, -0.1) is 0 Å². The van der Waals surface area contributed by atoms with E-state index in [1.54, 1.807) is 24.5 Å². The second-order valence-electron chi connectivity index (χ2n) is 4.44. The molecule has 0 fully saturated rings. The van der Waals surface area contributed by atoms with Crippen molar-refractivity contribution in [2.45, 2.75) is 19.4 Å². The number of carbonyl (C=O) groups excluding carboxylic acids is 1. The van der Waals surface area contributed by atoms with Crippen LogP contribution in [0.4, 0.5) is 0 Å². The molecule has 5 heteroatoms. The molecule has 1 rings (SSSR count). The van der Waals surface area contributed by atoms with Gasteiger partial charge in [0.2, 0.25) is 0 Å². The molecular weight excluding hydrogens is 274 g/mol. The molecule has 0 bridgehead atoms. The largest absolute Gasteiger partial charge is 0.395 e. The van der Waals surface area contributed by atoms with Gasteiger partial charge in [-0.05, 0) is 19.1 Å². The molecule has 0 aliphatic heterocycles. The van der Waals surface area contributed by atoms with Crippen LogP contribution in [0.25, 0.3) is 0 Å². The first-order valence-corrected chi connectivity index (χ1v) is 8.07. The number of aliphatic hydroxyl groups excluding tert-OH is 1. The summed E-state index contributed by atoms with van der Waals surface area (Å²) in [7, 11) is -0.950. The summed E-state index contributed by atoms with van der Waals surface area (Å²) in [5, 5.41) is 11.5. The summed E-state index contributed by atoms with van der Waals surface area (Å²) in [4.78, 5) is 12.2. The standard InChI is InChI=1S/C15H19NO3S/c1-12(11-20(2)19)16-15(18)14-9-4-3-7-13(14)8-5-6-10-17/h3-4,7,9,12,17H,6,10-11H2,1-2H3,(H,16,18). The number of benzene rings is 1. The van der Waals surface area contributed by atoms with Crippen LogP contribution < -0.4 is 5.32 Å². The molecule has 0 spiro atoms. The van der Waals surface area contributed by atoms with Crippen LogP contribution in [-0.4, -0.2) is 39.9 Å². The van der Waals surface area contributed by atoms with Crippen LogP contribution in [0, 0.1) is 11.8 Å². The fourth-order valence-electron chi connectivity index (χ4n) is 1.70. The minimum Gasteiger partial charge on any atom is -0.395 e. The van der Waals surface area contributed by atoms with E-state index in [0.29, 0.717) is 23.3 Å². The number of nitrogens with one attached hydrogen (secondary N) is 1. The summed E-state index contributed by atoms with van der Waals surface area (Å²) < 4.78 is 11.1. The first-order valence-electron chi connectivity index (χ1n) is 6.34. The molecule has 0 aliphatic carbocycles. The molecule has 108 valence electrons. The van der Waals surface area contributed by atoms with E-state index in [2.05, 4.69) is 17.2 Å². The van der Waals surface area contributed by atoms with Gasteiger partial charge in [0.25, 0.3) is 5.91 Å². The molecule has 0 radical (unpaired) electrons. The Morgan fingerprint density at radius 1 is 1.45 bits per heavy atom. The normalized spacial score (nSPS) is 12.9. The van der Waals surface area contributed by atoms with Crippen molar-refractivity contribution in [1.82, 2.24) is 5.32 Å². The SMILES string of the molecule is CC(CS(C)=O)NC(=O)c1ccccc1C#CCCO. The third-order valence-electron chi connectivity index (χ3n) is 2.49. The zero-order chi connectivity index (χ0) is 15.0. The molecular formula is C15H19NO3S. The fraction of sp³-hybridized carbons (Fsp3) is 0.400. The molecule has 1 amide bonds. The van der Waals surface area contributed by atoms with Gasteiger partial charge in [-0.3, -0.25) is 9.00 Å². The lowest BCUT2D eigenvalue weighted by atomic mass is 10.1. The highest BCUT2D eigenvalue weighted by Gasteiger charge is 2.13. The molecule has 0 saturated heterocycles. The van der Waals surface area contributed by atoms with Crippen molar-refractivity contribution in [3.8, 4) is 11.8 Å². The van der Waals surface area contributed by atoms with Crippen molar-refractivity contribution >= 4 is 16.7 Å². The molecule has 0 saturated carbocycles. The lowest BCUT2D eigenvalue weighted by Crippen LogP contribution is -2.36. The van der Waals surface area contributed by atoms with Crippen molar-refractivity contribution in [1.29, 1.82) is 0 Å². The monoisotopic (exact) mass is 293 g/mol. The highest BCUT2D eigenvalue weighted by molar-refractivity contribution is 7.84. The van der Waals surface area contributed by atoms with Crippen LogP contribution in [0.3, 0.4) is 0 Å². The van der Waals surface area contributed by atoms with Crippen molar-refractivity contribution in [2.75, 3.05) is 18.6 Å². The van der Waals surface area contributed by atoms with Crippen molar-refractivity contribution in [3.05, 3.63) is 35.4 Å². The minimum absolute atomic E-state index is 0.000706. The Labute approximate surface area is 122 Å². The molecule has 1 aromatic rings. The van der Waals surface area contributed by atoms with E-state index in [9.17, 15) is 9.00 Å². The smallest absolute Gasteiger partial charge is 0.252 e. The number of rotatable bonds is 5. The maximum Gasteiger partial charge on any atom is 0.252 e. The lowest BCUT2D eigenvalue weighted by molar-refractivity contribution is 0.0943. The Balaban J connectivity index is 2.83. The van der Waals surface area contributed by atoms with E-state index in [1.807, 2.05) is 13.0 Å². The van der Waals surface area contributed by atoms with Gasteiger partial charge in [-0.2, -0.15) is 0 Å². The number of hydrogen-bond acceptors (Lipinski definition) is 3. The Bertz CT molecular complexity index is 546. The number of aliphatic hydroxyl groups is 1. The second kappa shape index (κ2) is 8.51. The number of amides is 1. The van der Waals surface area contributed by atoms with Crippen molar-refractivity contribution < 1.29 is 14.1 Å². The topological polar surface area (TPSA) is 66.4 Å². The Hall–Kier alpha value is -1.64. The van der Waals surface area contributed by atoms with Crippen LogP contribution in [-0.2, 0) is 10.8 Å². The van der Waals surface area contributed by atoms with Gasteiger partial charge in [-0.1, -0.05) is 24.0 Å². The fourth-order valence-corrected chi connectivity index (χ4v) is 2.49. The highest BCUT2D eigenvalue weighted by Crippen LogP contribution is 2.07. The average molecular weight is 293 g/mol. The summed E-state index contributed by atoms with van der Waals surface area (Å²) in [6.07, 6.45) is 1.98. The summed E-state index contributed by atoms with van der Waals surface area (Å²) in [5.74, 6) is 5.88. The maximum absolute atomic E-state index is 12.2. The van der Waals surface area contributed by atoms with Crippen LogP contribution in [0.5, 0.6) is 0 Å². The summed E-state index contributed by atoms with van der Waals surface area (Å²) >= 11 is 0. The predicted octanol–water partition coefficient (Wildman–Crippen LogP) is 0.917. The molecule has 4 nitrogen and oxygen atoms in total. The van der Waals surface area contributed by atoms with Gasteiger partial charge in [-0.25, -0.2) is 0 Å². The number of carbonyl (C=O) groups is 1. The molecule has 1 aromatic carbocycles. The van der Waals surface area contributed by atoms with Gasteiger partial charge < -0.3 is 10.4 Å². The molecule has 2 atom stereocenters. The Kier molecular flexibility index (Phi) is 6.99. The Morgan fingerprint density at radius 2 is 2.15 bits per heavy atom. The van der Waals surface area contributed by atoms with E-state index in [4.69, 9.17) is 5.11 Å². The van der Waals surface area contributed by atoms with E-state index in [0.717, 1.165) is 0 Å². The van der Waals surface area contributed by atoms with E-state index in [1.165, 1.54) is 0 Å². The molecule has 0 aliphatic rings. The average Bonchev–Trinajstić information content (AvgIpc) is 2.38. The molecule has 0 heterocycles. The second-order valence-corrected chi connectivity index (χ2v) is 5.92. The summed E-state index contributed by atoms with van der Waals surface area (Å²) in [6, 6.07) is 6.89. The summed E-state index contributed by atoms with van der Waals surface area (Å²) in [6.45, 7) is 1.82. The van der Waals surface area contributed by atoms with Crippen LogP contribution in [0.1, 0.15) is 29.3 Å². The van der Waals surface area contributed by atoms with Gasteiger partial charge in [0, 0.05) is 40.8 Å². The van der Waals surface area contributed by atoms with Gasteiger partial charge in [0.05, 0.1) is 12.2 Å². The van der Waals surface area contributed by atoms with Gasteiger partial charge in [0.15, 0.2) is 0 Å². The lowest BCUT2D eigenvalue weighted by Gasteiger charge is -2.13. The first kappa shape index (κ1) is 16.4. The molecule has 20 heavy (non-hydrogen) atoms. The predicted molar refractivity (Wildman–Crippen MR) is 80.9 cm³/mol. The molecule has 2 N–H and O–H groups in total. The van der Waals surface area contributed by atoms with Crippen LogP contribution in [0.2, 0.25) is 0 Å². The highest BCUT2D eigenvalue weighted by atomic mass is 32.2. The minimum atomic E-state index is -0.950. The Morgan fingerprint density at radius 3 is 2.80 bits per heavy atom. The molecule has 2 unspecified atom stereocenters. The zero-order valence-electron chi connectivity index (χ0n) is 11.7. The van der Waals surface area contributed by atoms with Gasteiger partial charge >= 0.3 is 0 Å². The van der Waals surface area contributed by atoms with Crippen molar-refractivity contribution in [3.63, 3.8) is 0 Å². The third-order valence-corrected chi connectivity index (χ3v) is 3.46. The van der Waals surface area contributed by atoms with E-state index in [-0.39, 0.29) is 18.6 Å². The van der Waals surface area contributed by atoms with E-state index < -0.39 is 10.8 Å². The summed E-state index contributed by atoms with van der Waals surface area (Å²) in [5.41, 5.74) is 1.12. The van der Waals surface area contributed by atoms with Crippen LogP contribution >= 0.6 is 0 Å².